The summed E-state index contributed by atoms with van der Waals surface area (Å²) < 4.78 is 33.3. The lowest BCUT2D eigenvalue weighted by molar-refractivity contribution is -0.102. The number of sulfonamides is 1. The third kappa shape index (κ3) is 5.51. The molecule has 3 heterocycles. The Morgan fingerprint density at radius 1 is 1.25 bits per heavy atom. The fourth-order valence-corrected chi connectivity index (χ4v) is 4.29. The van der Waals surface area contributed by atoms with Crippen LogP contribution in [-0.2, 0) is 14.8 Å². The number of benzene rings is 1. The average molecular weight is 519 g/mol. The van der Waals surface area contributed by atoms with Crippen LogP contribution >= 0.6 is 0 Å². The molecule has 1 aromatic carbocycles. The highest BCUT2D eigenvalue weighted by molar-refractivity contribution is 7.92. The van der Waals surface area contributed by atoms with Crippen molar-refractivity contribution in [2.45, 2.75) is 39.3 Å². The summed E-state index contributed by atoms with van der Waals surface area (Å²) in [4.78, 5) is 15.2. The molecule has 0 amide bonds. The summed E-state index contributed by atoms with van der Waals surface area (Å²) in [6, 6.07) is 4.66. The first-order chi connectivity index (χ1) is 16.9. The predicted octanol–water partition coefficient (Wildman–Crippen LogP) is 1.56. The third-order valence-corrected chi connectivity index (χ3v) is 6.00. The molecule has 3 aromatic rings. The first-order valence-corrected chi connectivity index (χ1v) is 13.1. The molecule has 4 bridgehead atoms. The number of aliphatic hydroxyl groups excluding tert-OH is 1. The molecule has 0 aliphatic carbocycles. The van der Waals surface area contributed by atoms with E-state index in [-0.39, 0.29) is 41.7 Å². The molecule has 194 valence electrons. The van der Waals surface area contributed by atoms with E-state index in [1.165, 1.54) is 18.2 Å². The number of nitrogens with one attached hydrogen (secondary N) is 2. The van der Waals surface area contributed by atoms with Crippen molar-refractivity contribution in [2.75, 3.05) is 35.4 Å². The van der Waals surface area contributed by atoms with Crippen LogP contribution in [-0.4, -0.2) is 65.6 Å². The smallest absolute Gasteiger partial charge is 0.259 e. The maximum absolute atomic E-state index is 12.1. The van der Waals surface area contributed by atoms with Gasteiger partial charge in [-0.15, -0.1) is 0 Å². The molecule has 4 rings (SSSR count). The molecule has 0 fully saturated rings. The van der Waals surface area contributed by atoms with E-state index in [0.29, 0.717) is 22.5 Å². The topological polar surface area (TPSA) is 170 Å². The predicted molar refractivity (Wildman–Crippen MR) is 136 cm³/mol. The van der Waals surface area contributed by atoms with Gasteiger partial charge in [0.2, 0.25) is 16.4 Å². The summed E-state index contributed by atoms with van der Waals surface area (Å²) in [5, 5.41) is 18.9. The summed E-state index contributed by atoms with van der Waals surface area (Å²) in [5.41, 5.74) is 9.09. The van der Waals surface area contributed by atoms with Gasteiger partial charge in [0.1, 0.15) is 5.69 Å². The lowest BCUT2D eigenvalue weighted by Crippen LogP contribution is -2.46. The lowest BCUT2D eigenvalue weighted by Gasteiger charge is -2.28. The molecule has 0 saturated carbocycles. The van der Waals surface area contributed by atoms with Crippen molar-refractivity contribution < 1.29 is 23.1 Å². The van der Waals surface area contributed by atoms with Gasteiger partial charge in [-0.25, -0.2) is 18.4 Å². The molecule has 2 atom stereocenters. The molecule has 0 radical (unpaired) electrons. The first-order valence-electron chi connectivity index (χ1n) is 11.2. The maximum Gasteiger partial charge on any atom is 0.259 e. The van der Waals surface area contributed by atoms with E-state index in [0.717, 1.165) is 6.26 Å². The van der Waals surface area contributed by atoms with Gasteiger partial charge in [-0.1, -0.05) is 0 Å². The highest BCUT2D eigenvalue weighted by atomic mass is 32.2. The van der Waals surface area contributed by atoms with Crippen molar-refractivity contribution in [3.05, 3.63) is 30.6 Å². The van der Waals surface area contributed by atoms with E-state index in [4.69, 9.17) is 25.4 Å². The number of hydrogen-bond acceptors (Lipinski definition) is 11. The standard InChI is InChI=1S/C22H30N8O5S/c1-12(2)29-11-16-17-6-7-24-21(26-17)30(10-13(3)25-22(31)34-4)35-14-8-15(20(16)27-29)19(23)18(9-14)28-36(5,32)33/h6-9,11-13,22,25,28,31H,10,23H2,1-5H3. The van der Waals surface area contributed by atoms with Crippen LogP contribution in [0, 0.1) is 0 Å². The molecular formula is C22H30N8O5S. The number of aliphatic hydroxyl groups is 1. The second-order valence-electron chi connectivity index (χ2n) is 8.82. The lowest BCUT2D eigenvalue weighted by atomic mass is 10.0. The number of ether oxygens (including phenoxy) is 1. The van der Waals surface area contributed by atoms with Crippen molar-refractivity contribution >= 4 is 27.3 Å². The molecule has 1 aliphatic rings. The van der Waals surface area contributed by atoms with Gasteiger partial charge >= 0.3 is 0 Å². The summed E-state index contributed by atoms with van der Waals surface area (Å²) in [6.45, 7) is 6.02. The minimum atomic E-state index is -3.64. The highest BCUT2D eigenvalue weighted by Crippen LogP contribution is 2.41. The Morgan fingerprint density at radius 3 is 2.67 bits per heavy atom. The van der Waals surface area contributed by atoms with Gasteiger partial charge < -0.3 is 20.4 Å². The van der Waals surface area contributed by atoms with E-state index >= 15 is 0 Å². The van der Waals surface area contributed by atoms with Gasteiger partial charge in [-0.3, -0.25) is 14.7 Å². The molecule has 1 aliphatic heterocycles. The molecule has 5 N–H and O–H groups in total. The minimum Gasteiger partial charge on any atom is -0.396 e. The van der Waals surface area contributed by atoms with Crippen LogP contribution in [0.5, 0.6) is 5.75 Å². The summed E-state index contributed by atoms with van der Waals surface area (Å²) in [7, 11) is -2.27. The number of hydroxylamine groups is 1. The Balaban J connectivity index is 1.91. The summed E-state index contributed by atoms with van der Waals surface area (Å²) >= 11 is 0. The normalized spacial score (nSPS) is 14.7. The highest BCUT2D eigenvalue weighted by Gasteiger charge is 2.26. The van der Waals surface area contributed by atoms with Crippen molar-refractivity contribution in [1.29, 1.82) is 0 Å². The Labute approximate surface area is 209 Å². The average Bonchev–Trinajstić information content (AvgIpc) is 3.25. The molecular weight excluding hydrogens is 488 g/mol. The number of nitrogens with zero attached hydrogens (tertiary/aromatic N) is 5. The van der Waals surface area contributed by atoms with E-state index < -0.39 is 16.4 Å². The largest absolute Gasteiger partial charge is 0.396 e. The zero-order valence-electron chi connectivity index (χ0n) is 20.6. The number of anilines is 3. The number of nitrogen functional groups attached to an aromatic ring is 1. The van der Waals surface area contributed by atoms with Crippen LogP contribution in [0.3, 0.4) is 0 Å². The van der Waals surface area contributed by atoms with Gasteiger partial charge in [0, 0.05) is 48.8 Å². The van der Waals surface area contributed by atoms with Crippen LogP contribution in [0.25, 0.3) is 22.5 Å². The third-order valence-electron chi connectivity index (χ3n) is 5.41. The molecule has 13 nitrogen and oxygen atoms in total. The number of fused-ring (bicyclic) bond motifs is 7. The minimum absolute atomic E-state index is 0.0499. The van der Waals surface area contributed by atoms with Crippen molar-refractivity contribution in [3.8, 4) is 28.3 Å². The van der Waals surface area contributed by atoms with E-state index in [2.05, 4.69) is 15.0 Å². The van der Waals surface area contributed by atoms with Gasteiger partial charge in [0.15, 0.2) is 5.75 Å². The second-order valence-corrected chi connectivity index (χ2v) is 10.6. The zero-order chi connectivity index (χ0) is 26.2. The van der Waals surface area contributed by atoms with E-state index in [9.17, 15) is 13.5 Å². The van der Waals surface area contributed by atoms with Crippen LogP contribution in [0.2, 0.25) is 0 Å². The Bertz CT molecular complexity index is 1360. The summed E-state index contributed by atoms with van der Waals surface area (Å²) in [5.74, 6) is 0.542. The van der Waals surface area contributed by atoms with Crippen LogP contribution in [0.15, 0.2) is 30.6 Å². The number of methoxy groups -OCH3 is 1. The van der Waals surface area contributed by atoms with E-state index in [1.54, 1.807) is 23.0 Å². The van der Waals surface area contributed by atoms with Gasteiger partial charge in [-0.05, 0) is 32.9 Å². The Hall–Kier alpha value is -3.46. The number of hydrogen-bond donors (Lipinski definition) is 4. The van der Waals surface area contributed by atoms with Crippen LogP contribution < -0.4 is 25.7 Å². The monoisotopic (exact) mass is 518 g/mol. The molecule has 0 saturated heterocycles. The van der Waals surface area contributed by atoms with Crippen LogP contribution in [0.1, 0.15) is 26.8 Å². The SMILES string of the molecule is COC(O)NC(C)CN1Oc2cc(NS(C)(=O)=O)c(N)c(c2)-c2nn(C(C)C)cc2-c2ccnc1n2. The molecule has 36 heavy (non-hydrogen) atoms. The van der Waals surface area contributed by atoms with Crippen molar-refractivity contribution in [1.82, 2.24) is 25.1 Å². The molecule has 2 unspecified atom stereocenters. The number of nitrogens with two attached hydrogens (primary N) is 1. The van der Waals surface area contributed by atoms with Gasteiger partial charge in [0.25, 0.3) is 5.95 Å². The van der Waals surface area contributed by atoms with Gasteiger partial charge in [-0.2, -0.15) is 10.2 Å². The molecule has 14 heteroatoms. The second kappa shape index (κ2) is 9.89. The van der Waals surface area contributed by atoms with Crippen molar-refractivity contribution in [2.24, 2.45) is 0 Å². The van der Waals surface area contributed by atoms with Crippen LogP contribution in [0.4, 0.5) is 17.3 Å². The maximum atomic E-state index is 12.1. The fourth-order valence-electron chi connectivity index (χ4n) is 3.72. The van der Waals surface area contributed by atoms with Gasteiger partial charge in [0.05, 0.1) is 29.9 Å². The van der Waals surface area contributed by atoms with E-state index in [1.807, 2.05) is 27.0 Å². The zero-order valence-corrected chi connectivity index (χ0v) is 21.4. The first kappa shape index (κ1) is 25.6. The number of rotatable bonds is 8. The summed E-state index contributed by atoms with van der Waals surface area (Å²) in [6.07, 6.45) is 3.35. The quantitative estimate of drug-likeness (QED) is 0.252. The number of aromatic nitrogens is 4. The molecule has 2 aromatic heterocycles. The molecule has 0 spiro atoms. The fraction of sp³-hybridized carbons (Fsp3) is 0.409. The van der Waals surface area contributed by atoms with Crippen molar-refractivity contribution in [3.63, 3.8) is 0 Å². The Morgan fingerprint density at radius 2 is 2.00 bits per heavy atom. The Kier molecular flexibility index (Phi) is 7.04.